The van der Waals surface area contributed by atoms with Gasteiger partial charge in [-0.2, -0.15) is 0 Å². The van der Waals surface area contributed by atoms with Gasteiger partial charge in [-0.25, -0.2) is 9.78 Å². The molecule has 1 aliphatic carbocycles. The molecule has 0 bridgehead atoms. The Kier molecular flexibility index (Phi) is 2.41. The van der Waals surface area contributed by atoms with E-state index in [1.54, 1.807) is 18.2 Å². The van der Waals surface area contributed by atoms with Crippen LogP contribution in [0.15, 0.2) is 24.5 Å². The number of ether oxygens (including phenoxy) is 1. The van der Waals surface area contributed by atoms with Crippen molar-refractivity contribution in [3.8, 4) is 0 Å². The fourth-order valence-electron chi connectivity index (χ4n) is 3.35. The van der Waals surface area contributed by atoms with Gasteiger partial charge in [-0.15, -0.1) is 0 Å². The lowest BCUT2D eigenvalue weighted by Gasteiger charge is -2.33. The fourth-order valence-corrected chi connectivity index (χ4v) is 3.35. The zero-order valence-electron chi connectivity index (χ0n) is 11.1. The Hall–Kier alpha value is -1.88. The van der Waals surface area contributed by atoms with Gasteiger partial charge in [0.15, 0.2) is 0 Å². The lowest BCUT2D eigenvalue weighted by Crippen LogP contribution is -2.31. The van der Waals surface area contributed by atoms with Gasteiger partial charge in [0.05, 0.1) is 29.5 Å². The van der Waals surface area contributed by atoms with E-state index in [0.717, 1.165) is 30.7 Å². The predicted octanol–water partition coefficient (Wildman–Crippen LogP) is 2.48. The van der Waals surface area contributed by atoms with E-state index in [1.165, 1.54) is 12.8 Å². The Morgan fingerprint density at radius 2 is 2.30 bits per heavy atom. The molecule has 1 N–H and O–H groups in total. The van der Waals surface area contributed by atoms with E-state index in [2.05, 4.69) is 9.55 Å². The number of benzene rings is 1. The highest BCUT2D eigenvalue weighted by Crippen LogP contribution is 2.57. The first-order valence-corrected chi connectivity index (χ1v) is 6.97. The third-order valence-corrected chi connectivity index (χ3v) is 4.68. The first kappa shape index (κ1) is 11.9. The van der Waals surface area contributed by atoms with Crippen molar-refractivity contribution in [2.45, 2.75) is 25.3 Å². The van der Waals surface area contributed by atoms with Gasteiger partial charge < -0.3 is 14.4 Å². The maximum Gasteiger partial charge on any atom is 0.335 e. The molecule has 1 unspecified atom stereocenters. The number of aromatic nitrogens is 2. The van der Waals surface area contributed by atoms with Crippen LogP contribution >= 0.6 is 0 Å². The Balaban J connectivity index is 1.83. The molecule has 0 radical (unpaired) electrons. The van der Waals surface area contributed by atoms with E-state index in [4.69, 9.17) is 9.84 Å². The largest absolute Gasteiger partial charge is 0.478 e. The molecule has 5 nitrogen and oxygen atoms in total. The Bertz CT molecular complexity index is 687. The van der Waals surface area contributed by atoms with Crippen molar-refractivity contribution in [1.82, 2.24) is 9.55 Å². The molecule has 1 saturated heterocycles. The van der Waals surface area contributed by atoms with Crippen LogP contribution in [-0.4, -0.2) is 33.8 Å². The minimum absolute atomic E-state index is 0.255. The third kappa shape index (κ3) is 1.66. The van der Waals surface area contributed by atoms with Gasteiger partial charge in [-0.3, -0.25) is 0 Å². The number of rotatable bonds is 2. The summed E-state index contributed by atoms with van der Waals surface area (Å²) in [4.78, 5) is 15.6. The number of carboxylic acids is 1. The molecule has 0 amide bonds. The van der Waals surface area contributed by atoms with Crippen LogP contribution in [0.5, 0.6) is 0 Å². The van der Waals surface area contributed by atoms with Gasteiger partial charge in [0.25, 0.3) is 0 Å². The average molecular weight is 272 g/mol. The van der Waals surface area contributed by atoms with Crippen LogP contribution in [0.1, 0.15) is 35.7 Å². The van der Waals surface area contributed by atoms with Crippen molar-refractivity contribution in [1.29, 1.82) is 0 Å². The highest BCUT2D eigenvalue weighted by Gasteiger charge is 2.52. The molecular weight excluding hydrogens is 256 g/mol. The average Bonchev–Trinajstić information content (AvgIpc) is 3.09. The second-order valence-corrected chi connectivity index (χ2v) is 5.88. The van der Waals surface area contributed by atoms with Gasteiger partial charge >= 0.3 is 5.97 Å². The van der Waals surface area contributed by atoms with Crippen molar-refractivity contribution < 1.29 is 14.6 Å². The van der Waals surface area contributed by atoms with Crippen LogP contribution in [0.3, 0.4) is 0 Å². The molecule has 2 aliphatic rings. The quantitative estimate of drug-likeness (QED) is 0.912. The van der Waals surface area contributed by atoms with Crippen molar-refractivity contribution in [2.24, 2.45) is 5.41 Å². The molecule has 2 aromatic rings. The van der Waals surface area contributed by atoms with Crippen LogP contribution in [0.25, 0.3) is 11.0 Å². The van der Waals surface area contributed by atoms with Crippen molar-refractivity contribution in [3.63, 3.8) is 0 Å². The van der Waals surface area contributed by atoms with E-state index in [-0.39, 0.29) is 5.41 Å². The van der Waals surface area contributed by atoms with Gasteiger partial charge in [0.1, 0.15) is 0 Å². The number of aromatic carboxylic acids is 1. The number of carboxylic acid groups (broad SMARTS) is 1. The van der Waals surface area contributed by atoms with Crippen LogP contribution in [0, 0.1) is 5.41 Å². The van der Waals surface area contributed by atoms with Crippen LogP contribution < -0.4 is 0 Å². The van der Waals surface area contributed by atoms with Gasteiger partial charge in [0, 0.05) is 18.1 Å². The molecule has 1 saturated carbocycles. The fraction of sp³-hybridized carbons (Fsp3) is 0.467. The van der Waals surface area contributed by atoms with Crippen molar-refractivity contribution in [2.75, 3.05) is 13.2 Å². The molecule has 2 fully saturated rings. The first-order chi connectivity index (χ1) is 9.70. The van der Waals surface area contributed by atoms with Gasteiger partial charge in [0.2, 0.25) is 0 Å². The molecule has 4 rings (SSSR count). The molecule has 1 aromatic heterocycles. The summed E-state index contributed by atoms with van der Waals surface area (Å²) in [6.07, 6.45) is 5.21. The van der Waals surface area contributed by atoms with Gasteiger partial charge in [-0.1, -0.05) is 0 Å². The lowest BCUT2D eigenvalue weighted by atomic mass is 9.92. The molecule has 5 heteroatoms. The van der Waals surface area contributed by atoms with E-state index in [1.807, 2.05) is 6.33 Å². The number of nitrogens with zero attached hydrogens (tertiary/aromatic N) is 2. The molecule has 20 heavy (non-hydrogen) atoms. The second-order valence-electron chi connectivity index (χ2n) is 5.88. The summed E-state index contributed by atoms with van der Waals surface area (Å²) in [6, 6.07) is 5.51. The number of carbonyl (C=O) groups is 1. The third-order valence-electron chi connectivity index (χ3n) is 4.68. The summed E-state index contributed by atoms with van der Waals surface area (Å²) in [7, 11) is 0. The van der Waals surface area contributed by atoms with Crippen LogP contribution in [0.2, 0.25) is 0 Å². The molecule has 1 aromatic carbocycles. The van der Waals surface area contributed by atoms with E-state index in [9.17, 15) is 4.79 Å². The van der Waals surface area contributed by atoms with Crippen LogP contribution in [-0.2, 0) is 4.74 Å². The minimum atomic E-state index is -0.896. The smallest absolute Gasteiger partial charge is 0.335 e. The summed E-state index contributed by atoms with van der Waals surface area (Å²) in [5.74, 6) is -0.896. The van der Waals surface area contributed by atoms with E-state index < -0.39 is 5.97 Å². The predicted molar refractivity (Wildman–Crippen MR) is 72.8 cm³/mol. The Labute approximate surface area is 116 Å². The summed E-state index contributed by atoms with van der Waals surface area (Å²) in [6.45, 7) is 1.58. The normalized spacial score (nSPS) is 24.1. The highest BCUT2D eigenvalue weighted by atomic mass is 16.5. The Morgan fingerprint density at radius 3 is 3.05 bits per heavy atom. The number of fused-ring (bicyclic) bond motifs is 1. The monoisotopic (exact) mass is 272 g/mol. The number of hydrogen-bond acceptors (Lipinski definition) is 3. The maximum atomic E-state index is 11.1. The molecule has 1 atom stereocenters. The standard InChI is InChI=1S/C15H16N2O3/c18-14(19)10-1-2-11-12(7-10)17(9-16-11)13-3-6-20-8-15(13)4-5-15/h1-2,7,9,13H,3-6,8H2,(H,18,19). The van der Waals surface area contributed by atoms with Crippen molar-refractivity contribution >= 4 is 17.0 Å². The first-order valence-electron chi connectivity index (χ1n) is 6.97. The van der Waals surface area contributed by atoms with Crippen molar-refractivity contribution in [3.05, 3.63) is 30.1 Å². The zero-order chi connectivity index (χ0) is 13.7. The molecule has 104 valence electrons. The summed E-state index contributed by atoms with van der Waals surface area (Å²) < 4.78 is 7.79. The summed E-state index contributed by atoms with van der Waals surface area (Å²) in [5, 5.41) is 9.15. The second kappa shape index (κ2) is 4.06. The summed E-state index contributed by atoms with van der Waals surface area (Å²) in [5.41, 5.74) is 2.35. The SMILES string of the molecule is O=C(O)c1ccc2ncn(C3CCOCC34CC4)c2c1. The number of hydrogen-bond donors (Lipinski definition) is 1. The molecular formula is C15H16N2O3. The van der Waals surface area contributed by atoms with E-state index >= 15 is 0 Å². The van der Waals surface area contributed by atoms with Crippen LogP contribution in [0.4, 0.5) is 0 Å². The topological polar surface area (TPSA) is 64.3 Å². The molecule has 1 spiro atoms. The van der Waals surface area contributed by atoms with Gasteiger partial charge in [-0.05, 0) is 37.5 Å². The number of imidazole rings is 1. The summed E-state index contributed by atoms with van der Waals surface area (Å²) >= 11 is 0. The Morgan fingerprint density at radius 1 is 1.45 bits per heavy atom. The lowest BCUT2D eigenvalue weighted by molar-refractivity contribution is 0.00928. The van der Waals surface area contributed by atoms with E-state index in [0.29, 0.717) is 11.6 Å². The molecule has 1 aliphatic heterocycles. The molecule has 2 heterocycles. The highest BCUT2D eigenvalue weighted by molar-refractivity contribution is 5.92. The minimum Gasteiger partial charge on any atom is -0.478 e. The zero-order valence-corrected chi connectivity index (χ0v) is 11.1. The maximum absolute atomic E-state index is 11.1.